The summed E-state index contributed by atoms with van der Waals surface area (Å²) in [4.78, 5) is 2.11. The summed E-state index contributed by atoms with van der Waals surface area (Å²) >= 11 is 0. The molecule has 0 aliphatic rings. The number of benzene rings is 3. The first kappa shape index (κ1) is 16.3. The van der Waals surface area contributed by atoms with E-state index in [1.165, 1.54) is 22.4 Å². The molecule has 4 heteroatoms. The Hall–Kier alpha value is -3.14. The third kappa shape index (κ3) is 2.94. The molecule has 0 radical (unpaired) electrons. The first-order valence-electron chi connectivity index (χ1n) is 8.77. The lowest BCUT2D eigenvalue weighted by molar-refractivity contribution is 0.588. The second-order valence-corrected chi connectivity index (χ2v) is 6.82. The summed E-state index contributed by atoms with van der Waals surface area (Å²) in [6.07, 6.45) is 0. The summed E-state index contributed by atoms with van der Waals surface area (Å²) in [6.45, 7) is 2.11. The summed E-state index contributed by atoms with van der Waals surface area (Å²) in [6, 6.07) is 25.4. The van der Waals surface area contributed by atoms with E-state index in [1.807, 2.05) is 22.9 Å². The maximum absolute atomic E-state index is 4.48. The Balaban J connectivity index is 1.88. The van der Waals surface area contributed by atoms with Crippen LogP contribution in [0.15, 0.2) is 72.8 Å². The minimum atomic E-state index is -0.0146. The Morgan fingerprint density at radius 3 is 2.08 bits per heavy atom. The number of nitrogens with zero attached hydrogens (tertiary/aromatic N) is 4. The van der Waals surface area contributed by atoms with Gasteiger partial charge in [-0.3, -0.25) is 0 Å². The molecule has 0 saturated heterocycles. The number of hydrogen-bond donors (Lipinski definition) is 0. The van der Waals surface area contributed by atoms with E-state index in [9.17, 15) is 0 Å². The number of rotatable bonds is 4. The van der Waals surface area contributed by atoms with E-state index in [0.29, 0.717) is 0 Å². The zero-order chi connectivity index (χ0) is 18.1. The fraction of sp³-hybridized carbons (Fsp3) is 0.182. The Bertz CT molecular complexity index is 1010. The molecule has 4 nitrogen and oxygen atoms in total. The van der Waals surface area contributed by atoms with Crippen LogP contribution in [0.1, 0.15) is 22.7 Å². The minimum Gasteiger partial charge on any atom is -0.378 e. The molecule has 4 rings (SSSR count). The lowest BCUT2D eigenvalue weighted by Crippen LogP contribution is -2.15. The molecular weight excluding hydrogens is 320 g/mol. The van der Waals surface area contributed by atoms with Crippen molar-refractivity contribution in [1.29, 1.82) is 0 Å². The van der Waals surface area contributed by atoms with Crippen molar-refractivity contribution < 1.29 is 0 Å². The van der Waals surface area contributed by atoms with Crippen molar-refractivity contribution in [2.24, 2.45) is 0 Å². The van der Waals surface area contributed by atoms with Crippen molar-refractivity contribution in [1.82, 2.24) is 15.0 Å². The van der Waals surface area contributed by atoms with E-state index >= 15 is 0 Å². The van der Waals surface area contributed by atoms with E-state index < -0.39 is 0 Å². The van der Waals surface area contributed by atoms with Gasteiger partial charge >= 0.3 is 0 Å². The van der Waals surface area contributed by atoms with Gasteiger partial charge in [0.1, 0.15) is 11.6 Å². The number of fused-ring (bicyclic) bond motifs is 1. The number of aromatic nitrogens is 3. The summed E-state index contributed by atoms with van der Waals surface area (Å²) in [5.74, 6) is 0. The predicted octanol–water partition coefficient (Wildman–Crippen LogP) is 4.44. The molecule has 130 valence electrons. The molecule has 0 N–H and O–H groups in total. The van der Waals surface area contributed by atoms with Crippen molar-refractivity contribution in [3.05, 3.63) is 89.5 Å². The van der Waals surface area contributed by atoms with Gasteiger partial charge in [-0.05, 0) is 42.3 Å². The number of aryl methyl sites for hydroxylation is 1. The molecule has 0 spiro atoms. The van der Waals surface area contributed by atoms with Crippen molar-refractivity contribution in [2.75, 3.05) is 19.0 Å². The summed E-state index contributed by atoms with van der Waals surface area (Å²) in [5.41, 5.74) is 6.77. The quantitative estimate of drug-likeness (QED) is 0.550. The highest BCUT2D eigenvalue weighted by molar-refractivity contribution is 5.74. The van der Waals surface area contributed by atoms with Gasteiger partial charge < -0.3 is 4.90 Å². The summed E-state index contributed by atoms with van der Waals surface area (Å²) in [5, 5.41) is 8.84. The molecule has 0 fully saturated rings. The van der Waals surface area contributed by atoms with Crippen LogP contribution in [0.4, 0.5) is 5.69 Å². The fourth-order valence-electron chi connectivity index (χ4n) is 3.26. The molecule has 0 aliphatic heterocycles. The smallest absolute Gasteiger partial charge is 0.113 e. The maximum Gasteiger partial charge on any atom is 0.113 e. The number of hydrogen-bond acceptors (Lipinski definition) is 3. The molecule has 4 aromatic rings. The minimum absolute atomic E-state index is 0.0146. The topological polar surface area (TPSA) is 34.0 Å². The Labute approximate surface area is 153 Å². The fourth-order valence-corrected chi connectivity index (χ4v) is 3.26. The molecule has 3 aromatic carbocycles. The second kappa shape index (κ2) is 6.64. The first-order chi connectivity index (χ1) is 12.6. The zero-order valence-electron chi connectivity index (χ0n) is 15.3. The van der Waals surface area contributed by atoms with Gasteiger partial charge in [0, 0.05) is 19.8 Å². The third-order valence-corrected chi connectivity index (χ3v) is 4.74. The highest BCUT2D eigenvalue weighted by Crippen LogP contribution is 2.30. The van der Waals surface area contributed by atoms with Gasteiger partial charge in [-0.2, -0.15) is 0 Å². The molecule has 1 atom stereocenters. The van der Waals surface area contributed by atoms with E-state index in [0.717, 1.165) is 11.0 Å². The van der Waals surface area contributed by atoms with Gasteiger partial charge in [0.05, 0.1) is 5.52 Å². The molecule has 26 heavy (non-hydrogen) atoms. The monoisotopic (exact) mass is 342 g/mol. The Kier molecular flexibility index (Phi) is 4.17. The van der Waals surface area contributed by atoms with Crippen molar-refractivity contribution in [2.45, 2.75) is 13.0 Å². The first-order valence-corrected chi connectivity index (χ1v) is 8.77. The molecule has 0 saturated carbocycles. The van der Waals surface area contributed by atoms with Crippen LogP contribution in [-0.4, -0.2) is 29.1 Å². The van der Waals surface area contributed by atoms with Gasteiger partial charge in [-0.25, -0.2) is 4.68 Å². The van der Waals surface area contributed by atoms with Crippen LogP contribution in [0, 0.1) is 6.92 Å². The zero-order valence-corrected chi connectivity index (χ0v) is 15.3. The molecule has 0 aliphatic carbocycles. The Morgan fingerprint density at radius 2 is 1.42 bits per heavy atom. The molecule has 1 unspecified atom stereocenters. The average molecular weight is 342 g/mol. The van der Waals surface area contributed by atoms with Crippen LogP contribution in [0.5, 0.6) is 0 Å². The summed E-state index contributed by atoms with van der Waals surface area (Å²) < 4.78 is 2.02. The van der Waals surface area contributed by atoms with Gasteiger partial charge in [-0.15, -0.1) is 5.10 Å². The summed E-state index contributed by atoms with van der Waals surface area (Å²) in [7, 11) is 4.11. The van der Waals surface area contributed by atoms with Gasteiger partial charge in [-0.1, -0.05) is 59.3 Å². The number of anilines is 1. The van der Waals surface area contributed by atoms with Crippen LogP contribution >= 0.6 is 0 Å². The van der Waals surface area contributed by atoms with E-state index in [2.05, 4.69) is 90.8 Å². The van der Waals surface area contributed by atoms with Crippen LogP contribution in [0.3, 0.4) is 0 Å². The van der Waals surface area contributed by atoms with E-state index in [-0.39, 0.29) is 6.04 Å². The number of para-hydroxylation sites is 1. The standard InChI is InChI=1S/C22H22N4/c1-16-8-10-17(11-9-16)22(18-12-14-19(15-13-18)25(2)3)26-21-7-5-4-6-20(21)23-24-26/h4-15,22H,1-3H3. The molecule has 0 amide bonds. The van der Waals surface area contributed by atoms with Crippen LogP contribution in [0.25, 0.3) is 11.0 Å². The van der Waals surface area contributed by atoms with Crippen molar-refractivity contribution >= 4 is 16.7 Å². The maximum atomic E-state index is 4.48. The molecule has 0 bridgehead atoms. The average Bonchev–Trinajstić information content (AvgIpc) is 3.08. The lowest BCUT2D eigenvalue weighted by atomic mass is 9.97. The highest BCUT2D eigenvalue weighted by atomic mass is 15.4. The highest BCUT2D eigenvalue weighted by Gasteiger charge is 2.20. The second-order valence-electron chi connectivity index (χ2n) is 6.82. The Morgan fingerprint density at radius 1 is 0.808 bits per heavy atom. The largest absolute Gasteiger partial charge is 0.378 e. The predicted molar refractivity (Wildman–Crippen MR) is 107 cm³/mol. The lowest BCUT2D eigenvalue weighted by Gasteiger charge is -2.21. The normalized spacial score (nSPS) is 12.3. The molecule has 1 heterocycles. The van der Waals surface area contributed by atoms with Crippen molar-refractivity contribution in [3.63, 3.8) is 0 Å². The molecular formula is C22H22N4. The van der Waals surface area contributed by atoms with Gasteiger partial charge in [0.2, 0.25) is 0 Å². The van der Waals surface area contributed by atoms with Crippen LogP contribution < -0.4 is 4.90 Å². The SMILES string of the molecule is Cc1ccc(C(c2ccc(N(C)C)cc2)n2nnc3ccccc32)cc1. The van der Waals surface area contributed by atoms with Crippen molar-refractivity contribution in [3.8, 4) is 0 Å². The van der Waals surface area contributed by atoms with E-state index in [4.69, 9.17) is 0 Å². The van der Waals surface area contributed by atoms with E-state index in [1.54, 1.807) is 0 Å². The third-order valence-electron chi connectivity index (χ3n) is 4.74. The molecule has 1 aromatic heterocycles. The van der Waals surface area contributed by atoms with Crippen LogP contribution in [0.2, 0.25) is 0 Å². The van der Waals surface area contributed by atoms with Crippen LogP contribution in [-0.2, 0) is 0 Å². The van der Waals surface area contributed by atoms with Gasteiger partial charge in [0.15, 0.2) is 0 Å². The van der Waals surface area contributed by atoms with Gasteiger partial charge in [0.25, 0.3) is 0 Å².